The molecule has 1 saturated heterocycles. The topological polar surface area (TPSA) is 62.2 Å². The fourth-order valence-electron chi connectivity index (χ4n) is 4.92. The monoisotopic (exact) mass is 443 g/mol. The SMILES string of the molecule is CCc1ncc(CN2CCCC(Cc3cccc(-c4cccnc4)c3)(C(=O)N(C)C)C2)cn1. The number of aromatic nitrogens is 3. The minimum atomic E-state index is -0.445. The lowest BCUT2D eigenvalue weighted by atomic mass is 9.73. The van der Waals surface area contributed by atoms with Gasteiger partial charge in [0.05, 0.1) is 5.41 Å². The van der Waals surface area contributed by atoms with Crippen molar-refractivity contribution < 1.29 is 4.79 Å². The average molecular weight is 444 g/mol. The quantitative estimate of drug-likeness (QED) is 0.552. The van der Waals surface area contributed by atoms with Gasteiger partial charge in [0, 0.05) is 64.0 Å². The van der Waals surface area contributed by atoms with E-state index in [4.69, 9.17) is 0 Å². The molecular formula is C27H33N5O. The molecule has 0 spiro atoms. The Kier molecular flexibility index (Phi) is 7.14. The van der Waals surface area contributed by atoms with E-state index in [1.807, 2.05) is 38.8 Å². The van der Waals surface area contributed by atoms with Crippen LogP contribution < -0.4 is 0 Å². The second-order valence-corrected chi connectivity index (χ2v) is 9.27. The number of hydrogen-bond acceptors (Lipinski definition) is 5. The van der Waals surface area contributed by atoms with Gasteiger partial charge in [-0.2, -0.15) is 0 Å². The molecule has 2 aromatic heterocycles. The molecule has 1 aromatic carbocycles. The molecule has 1 unspecified atom stereocenters. The third-order valence-corrected chi connectivity index (χ3v) is 6.46. The molecule has 1 aliphatic heterocycles. The minimum Gasteiger partial charge on any atom is -0.348 e. The van der Waals surface area contributed by atoms with Crippen LogP contribution in [0, 0.1) is 5.41 Å². The van der Waals surface area contributed by atoms with E-state index < -0.39 is 5.41 Å². The van der Waals surface area contributed by atoms with E-state index >= 15 is 0 Å². The van der Waals surface area contributed by atoms with E-state index in [2.05, 4.69) is 57.1 Å². The lowest BCUT2D eigenvalue weighted by Crippen LogP contribution is -2.52. The van der Waals surface area contributed by atoms with Gasteiger partial charge in [0.15, 0.2) is 0 Å². The lowest BCUT2D eigenvalue weighted by Gasteiger charge is -2.43. The van der Waals surface area contributed by atoms with Gasteiger partial charge < -0.3 is 4.90 Å². The lowest BCUT2D eigenvalue weighted by molar-refractivity contribution is -0.143. The molecule has 0 aliphatic carbocycles. The Balaban J connectivity index is 1.58. The summed E-state index contributed by atoms with van der Waals surface area (Å²) in [5, 5.41) is 0. The predicted octanol–water partition coefficient (Wildman–Crippen LogP) is 4.01. The van der Waals surface area contributed by atoms with Crippen LogP contribution in [0.15, 0.2) is 61.2 Å². The summed E-state index contributed by atoms with van der Waals surface area (Å²) in [6.07, 6.45) is 11.0. The molecule has 0 radical (unpaired) electrons. The van der Waals surface area contributed by atoms with Crippen molar-refractivity contribution >= 4 is 5.91 Å². The number of nitrogens with zero attached hydrogens (tertiary/aromatic N) is 5. The van der Waals surface area contributed by atoms with Gasteiger partial charge in [-0.1, -0.05) is 37.3 Å². The van der Waals surface area contributed by atoms with Gasteiger partial charge in [0.1, 0.15) is 5.82 Å². The van der Waals surface area contributed by atoms with Crippen LogP contribution in [-0.4, -0.2) is 57.8 Å². The molecule has 0 N–H and O–H groups in total. The first-order valence-electron chi connectivity index (χ1n) is 11.7. The van der Waals surface area contributed by atoms with Crippen molar-refractivity contribution in [2.45, 2.75) is 39.2 Å². The van der Waals surface area contributed by atoms with E-state index in [1.54, 1.807) is 11.1 Å². The molecule has 0 saturated carbocycles. The summed E-state index contributed by atoms with van der Waals surface area (Å²) in [4.78, 5) is 30.8. The Morgan fingerprint density at radius 1 is 1.06 bits per heavy atom. The van der Waals surface area contributed by atoms with E-state index in [1.165, 1.54) is 5.56 Å². The van der Waals surface area contributed by atoms with Gasteiger partial charge in [-0.3, -0.25) is 14.7 Å². The van der Waals surface area contributed by atoms with E-state index in [0.717, 1.165) is 67.8 Å². The van der Waals surface area contributed by atoms with Crippen LogP contribution in [0.25, 0.3) is 11.1 Å². The van der Waals surface area contributed by atoms with Crippen molar-refractivity contribution in [2.75, 3.05) is 27.2 Å². The van der Waals surface area contributed by atoms with Crippen molar-refractivity contribution in [3.8, 4) is 11.1 Å². The summed E-state index contributed by atoms with van der Waals surface area (Å²) in [6, 6.07) is 12.6. The Bertz CT molecular complexity index is 1070. The number of carbonyl (C=O) groups excluding carboxylic acids is 1. The zero-order valence-electron chi connectivity index (χ0n) is 19.9. The number of hydrogen-bond donors (Lipinski definition) is 0. The van der Waals surface area contributed by atoms with Crippen LogP contribution in [0.4, 0.5) is 0 Å². The van der Waals surface area contributed by atoms with Crippen LogP contribution in [0.2, 0.25) is 0 Å². The Morgan fingerprint density at radius 3 is 2.55 bits per heavy atom. The summed E-state index contributed by atoms with van der Waals surface area (Å²) in [5.41, 5.74) is 4.06. The zero-order valence-corrected chi connectivity index (χ0v) is 19.9. The van der Waals surface area contributed by atoms with Crippen molar-refractivity contribution in [3.05, 3.63) is 78.1 Å². The average Bonchev–Trinajstić information content (AvgIpc) is 2.85. The highest BCUT2D eigenvalue weighted by Gasteiger charge is 2.43. The van der Waals surface area contributed by atoms with Gasteiger partial charge in [-0.15, -0.1) is 0 Å². The maximum Gasteiger partial charge on any atom is 0.229 e. The van der Waals surface area contributed by atoms with Crippen LogP contribution in [-0.2, 0) is 24.2 Å². The molecule has 1 amide bonds. The van der Waals surface area contributed by atoms with Gasteiger partial charge in [-0.05, 0) is 48.6 Å². The number of amides is 1. The maximum absolute atomic E-state index is 13.5. The zero-order chi connectivity index (χ0) is 23.3. The van der Waals surface area contributed by atoms with Crippen molar-refractivity contribution in [2.24, 2.45) is 5.41 Å². The van der Waals surface area contributed by atoms with E-state index in [0.29, 0.717) is 0 Å². The second kappa shape index (κ2) is 10.2. The van der Waals surface area contributed by atoms with Crippen LogP contribution in [0.1, 0.15) is 36.7 Å². The van der Waals surface area contributed by atoms with Crippen LogP contribution >= 0.6 is 0 Å². The number of benzene rings is 1. The molecule has 4 rings (SSSR count). The molecule has 33 heavy (non-hydrogen) atoms. The summed E-state index contributed by atoms with van der Waals surface area (Å²) < 4.78 is 0. The Morgan fingerprint density at radius 2 is 1.85 bits per heavy atom. The van der Waals surface area contributed by atoms with E-state index in [9.17, 15) is 4.79 Å². The number of aryl methyl sites for hydroxylation is 1. The first-order chi connectivity index (χ1) is 16.0. The minimum absolute atomic E-state index is 0.205. The first kappa shape index (κ1) is 23.1. The number of pyridine rings is 1. The van der Waals surface area contributed by atoms with Gasteiger partial charge in [0.2, 0.25) is 5.91 Å². The van der Waals surface area contributed by atoms with Gasteiger partial charge >= 0.3 is 0 Å². The molecule has 6 nitrogen and oxygen atoms in total. The maximum atomic E-state index is 13.5. The highest BCUT2D eigenvalue weighted by molar-refractivity contribution is 5.83. The third kappa shape index (κ3) is 5.45. The summed E-state index contributed by atoms with van der Waals surface area (Å²) in [6.45, 7) is 4.54. The molecule has 1 fully saturated rings. The second-order valence-electron chi connectivity index (χ2n) is 9.27. The highest BCUT2D eigenvalue weighted by atomic mass is 16.2. The molecule has 1 aliphatic rings. The Labute approximate surface area is 196 Å². The molecule has 1 atom stereocenters. The Hall–Kier alpha value is -3.12. The predicted molar refractivity (Wildman–Crippen MR) is 130 cm³/mol. The fourth-order valence-corrected chi connectivity index (χ4v) is 4.92. The molecule has 0 bridgehead atoms. The van der Waals surface area contributed by atoms with Gasteiger partial charge in [-0.25, -0.2) is 9.97 Å². The third-order valence-electron chi connectivity index (χ3n) is 6.46. The normalized spacial score (nSPS) is 18.8. The number of carbonyl (C=O) groups is 1. The van der Waals surface area contributed by atoms with Crippen molar-refractivity contribution in [1.82, 2.24) is 24.8 Å². The summed E-state index contributed by atoms with van der Waals surface area (Å²) in [5.74, 6) is 1.07. The summed E-state index contributed by atoms with van der Waals surface area (Å²) >= 11 is 0. The number of likely N-dealkylation sites (tertiary alicyclic amines) is 1. The highest BCUT2D eigenvalue weighted by Crippen LogP contribution is 2.36. The smallest absolute Gasteiger partial charge is 0.229 e. The van der Waals surface area contributed by atoms with Crippen molar-refractivity contribution in [1.29, 1.82) is 0 Å². The molecule has 172 valence electrons. The first-order valence-corrected chi connectivity index (χ1v) is 11.7. The van der Waals surface area contributed by atoms with Crippen LogP contribution in [0.3, 0.4) is 0 Å². The largest absolute Gasteiger partial charge is 0.348 e. The fraction of sp³-hybridized carbons (Fsp3) is 0.407. The van der Waals surface area contributed by atoms with Gasteiger partial charge in [0.25, 0.3) is 0 Å². The molecule has 3 aromatic rings. The molecular weight excluding hydrogens is 410 g/mol. The standard InChI is InChI=1S/C27H33N5O/c1-4-25-29-16-22(17-30-25)19-32-13-7-11-27(20-32,26(33)31(2)3)15-21-8-5-9-23(14-21)24-10-6-12-28-18-24/h5-6,8-10,12,14,16-18H,4,7,11,13,15,19-20H2,1-3H3. The number of rotatable bonds is 7. The number of piperidine rings is 1. The summed E-state index contributed by atoms with van der Waals surface area (Å²) in [7, 11) is 3.73. The molecule has 3 heterocycles. The van der Waals surface area contributed by atoms with E-state index in [-0.39, 0.29) is 5.91 Å². The van der Waals surface area contributed by atoms with Crippen molar-refractivity contribution in [3.63, 3.8) is 0 Å². The van der Waals surface area contributed by atoms with Crippen LogP contribution in [0.5, 0.6) is 0 Å². The molecule has 6 heteroatoms.